The second-order valence-electron chi connectivity index (χ2n) is 5.93. The Morgan fingerprint density at radius 3 is 1.65 bits per heavy atom. The quantitative estimate of drug-likeness (QED) is 0.682. The molecule has 0 bridgehead atoms. The number of phenols is 1. The minimum absolute atomic E-state index is 0.407. The predicted octanol–water partition coefficient (Wildman–Crippen LogP) is 4.96. The highest BCUT2D eigenvalue weighted by atomic mass is 16.3. The molecule has 3 rings (SSSR count). The van der Waals surface area contributed by atoms with E-state index < -0.39 is 0 Å². The van der Waals surface area contributed by atoms with E-state index in [1.807, 2.05) is 24.3 Å². The van der Waals surface area contributed by atoms with E-state index in [0.717, 1.165) is 31.2 Å². The lowest BCUT2D eigenvalue weighted by atomic mass is 9.98. The van der Waals surface area contributed by atoms with Crippen LogP contribution in [0.15, 0.2) is 78.9 Å². The van der Waals surface area contributed by atoms with Crippen molar-refractivity contribution in [2.24, 2.45) is 0 Å². The number of aromatic hydroxyl groups is 1. The van der Waals surface area contributed by atoms with Crippen molar-refractivity contribution >= 4 is 0 Å². The lowest BCUT2D eigenvalue weighted by Crippen LogP contribution is -1.96. The summed E-state index contributed by atoms with van der Waals surface area (Å²) >= 11 is 0. The third kappa shape index (κ3) is 4.46. The normalized spacial score (nSPS) is 10.6. The Morgan fingerprint density at radius 1 is 0.522 bits per heavy atom. The van der Waals surface area contributed by atoms with Crippen LogP contribution >= 0.6 is 0 Å². The van der Waals surface area contributed by atoms with Gasteiger partial charge in [0.25, 0.3) is 0 Å². The van der Waals surface area contributed by atoms with Crippen molar-refractivity contribution in [3.8, 4) is 5.75 Å². The van der Waals surface area contributed by atoms with Gasteiger partial charge in [0.05, 0.1) is 0 Å². The predicted molar refractivity (Wildman–Crippen MR) is 95.8 cm³/mol. The van der Waals surface area contributed by atoms with Crippen LogP contribution < -0.4 is 0 Å². The molecule has 0 amide bonds. The zero-order valence-electron chi connectivity index (χ0n) is 13.3. The van der Waals surface area contributed by atoms with Crippen LogP contribution in [0.4, 0.5) is 0 Å². The van der Waals surface area contributed by atoms with Gasteiger partial charge in [0.1, 0.15) is 5.75 Å². The Labute approximate surface area is 138 Å². The highest BCUT2D eigenvalue weighted by Crippen LogP contribution is 2.21. The molecular formula is C22H22O. The molecule has 0 saturated heterocycles. The van der Waals surface area contributed by atoms with Crippen molar-refractivity contribution in [3.05, 3.63) is 101 Å². The molecule has 23 heavy (non-hydrogen) atoms. The summed E-state index contributed by atoms with van der Waals surface area (Å²) in [5.41, 5.74) is 4.99. The molecule has 0 unspecified atom stereocenters. The van der Waals surface area contributed by atoms with E-state index in [2.05, 4.69) is 54.6 Å². The van der Waals surface area contributed by atoms with Gasteiger partial charge in [-0.3, -0.25) is 0 Å². The summed E-state index contributed by atoms with van der Waals surface area (Å²) in [4.78, 5) is 0. The largest absolute Gasteiger partial charge is 0.508 e. The average molecular weight is 302 g/mol. The van der Waals surface area contributed by atoms with E-state index in [1.54, 1.807) is 0 Å². The fraction of sp³-hybridized carbons (Fsp3) is 0.182. The summed E-state index contributed by atoms with van der Waals surface area (Å²) in [6, 6.07) is 27.0. The molecule has 3 aromatic carbocycles. The summed E-state index contributed by atoms with van der Waals surface area (Å²) in [6.45, 7) is 0. The van der Waals surface area contributed by atoms with E-state index >= 15 is 0 Å². The van der Waals surface area contributed by atoms with Gasteiger partial charge in [-0.05, 0) is 54.0 Å². The maximum absolute atomic E-state index is 10.1. The Morgan fingerprint density at radius 2 is 1.04 bits per heavy atom. The zero-order chi connectivity index (χ0) is 15.9. The number of phenolic OH excluding ortho intramolecular Hbond substituents is 1. The number of hydrogen-bond donors (Lipinski definition) is 1. The summed E-state index contributed by atoms with van der Waals surface area (Å²) in [7, 11) is 0. The summed E-state index contributed by atoms with van der Waals surface area (Å²) in [5, 5.41) is 10.1. The van der Waals surface area contributed by atoms with Gasteiger partial charge in [0.2, 0.25) is 0 Å². The Balaban J connectivity index is 1.64. The Hall–Kier alpha value is -2.54. The van der Waals surface area contributed by atoms with Gasteiger partial charge in [0, 0.05) is 0 Å². The first-order valence-electron chi connectivity index (χ1n) is 8.20. The van der Waals surface area contributed by atoms with Crippen LogP contribution in [0.2, 0.25) is 0 Å². The molecule has 1 nitrogen and oxygen atoms in total. The number of rotatable bonds is 6. The molecule has 0 aliphatic heterocycles. The van der Waals surface area contributed by atoms with Crippen molar-refractivity contribution in [1.29, 1.82) is 0 Å². The fourth-order valence-corrected chi connectivity index (χ4v) is 2.85. The molecule has 1 heteroatoms. The maximum atomic E-state index is 10.1. The van der Waals surface area contributed by atoms with Gasteiger partial charge in [-0.15, -0.1) is 0 Å². The van der Waals surface area contributed by atoms with Gasteiger partial charge >= 0.3 is 0 Å². The summed E-state index contributed by atoms with van der Waals surface area (Å²) in [5.74, 6) is 0.407. The molecule has 0 heterocycles. The molecule has 0 radical (unpaired) electrons. The van der Waals surface area contributed by atoms with Crippen molar-refractivity contribution < 1.29 is 5.11 Å². The van der Waals surface area contributed by atoms with Crippen molar-refractivity contribution in [2.45, 2.75) is 25.7 Å². The van der Waals surface area contributed by atoms with Crippen LogP contribution in [0, 0.1) is 0 Å². The molecule has 116 valence electrons. The van der Waals surface area contributed by atoms with Gasteiger partial charge in [-0.1, -0.05) is 72.8 Å². The van der Waals surface area contributed by atoms with Crippen LogP contribution in [-0.2, 0) is 25.7 Å². The molecule has 0 aliphatic rings. The van der Waals surface area contributed by atoms with Crippen molar-refractivity contribution in [3.63, 3.8) is 0 Å². The van der Waals surface area contributed by atoms with E-state index in [4.69, 9.17) is 0 Å². The van der Waals surface area contributed by atoms with Crippen molar-refractivity contribution in [2.75, 3.05) is 0 Å². The van der Waals surface area contributed by atoms with E-state index in [-0.39, 0.29) is 0 Å². The third-order valence-corrected chi connectivity index (χ3v) is 4.21. The lowest BCUT2D eigenvalue weighted by Gasteiger charge is -2.08. The van der Waals surface area contributed by atoms with Gasteiger partial charge in [0.15, 0.2) is 0 Å². The zero-order valence-corrected chi connectivity index (χ0v) is 13.3. The number of hydrogen-bond acceptors (Lipinski definition) is 1. The van der Waals surface area contributed by atoms with Crippen LogP contribution in [0.3, 0.4) is 0 Å². The summed E-state index contributed by atoms with van der Waals surface area (Å²) < 4.78 is 0. The topological polar surface area (TPSA) is 20.2 Å². The van der Waals surface area contributed by atoms with E-state index in [0.29, 0.717) is 5.75 Å². The van der Waals surface area contributed by atoms with Crippen LogP contribution in [0.1, 0.15) is 22.3 Å². The third-order valence-electron chi connectivity index (χ3n) is 4.21. The van der Waals surface area contributed by atoms with E-state index in [1.165, 1.54) is 16.7 Å². The van der Waals surface area contributed by atoms with E-state index in [9.17, 15) is 5.11 Å². The first-order chi connectivity index (χ1) is 11.3. The van der Waals surface area contributed by atoms with Gasteiger partial charge in [-0.25, -0.2) is 0 Å². The second-order valence-corrected chi connectivity index (χ2v) is 5.93. The van der Waals surface area contributed by atoms with Gasteiger partial charge < -0.3 is 5.11 Å². The molecule has 1 N–H and O–H groups in total. The average Bonchev–Trinajstić information content (AvgIpc) is 2.62. The first-order valence-corrected chi connectivity index (χ1v) is 8.20. The highest BCUT2D eigenvalue weighted by Gasteiger charge is 2.04. The number of aryl methyl sites for hydroxylation is 4. The van der Waals surface area contributed by atoms with Crippen LogP contribution in [-0.4, -0.2) is 5.11 Å². The molecule has 0 aliphatic carbocycles. The standard InChI is InChI=1S/C22H22O/c23-22-16-14-20(12-11-18-7-3-1-4-8-18)17-21(22)15-13-19-9-5-2-6-10-19/h1-10,14,16-17,23H,11-13,15H2. The Kier molecular flexibility index (Phi) is 5.10. The summed E-state index contributed by atoms with van der Waals surface area (Å²) in [6.07, 6.45) is 3.86. The maximum Gasteiger partial charge on any atom is 0.118 e. The lowest BCUT2D eigenvalue weighted by molar-refractivity contribution is 0.467. The van der Waals surface area contributed by atoms with Crippen LogP contribution in [0.25, 0.3) is 0 Å². The molecule has 0 spiro atoms. The van der Waals surface area contributed by atoms with Crippen LogP contribution in [0.5, 0.6) is 5.75 Å². The molecular weight excluding hydrogens is 280 g/mol. The number of benzene rings is 3. The molecule has 0 aromatic heterocycles. The highest BCUT2D eigenvalue weighted by molar-refractivity contribution is 5.37. The fourth-order valence-electron chi connectivity index (χ4n) is 2.85. The minimum Gasteiger partial charge on any atom is -0.508 e. The molecule has 3 aromatic rings. The molecule has 0 saturated carbocycles. The van der Waals surface area contributed by atoms with Crippen molar-refractivity contribution in [1.82, 2.24) is 0 Å². The minimum atomic E-state index is 0.407. The second kappa shape index (κ2) is 7.64. The SMILES string of the molecule is Oc1ccc(CCc2ccccc2)cc1CCc1ccccc1. The smallest absolute Gasteiger partial charge is 0.118 e. The molecule has 0 atom stereocenters. The van der Waals surface area contributed by atoms with Gasteiger partial charge in [-0.2, -0.15) is 0 Å². The first kappa shape index (κ1) is 15.4. The monoisotopic (exact) mass is 302 g/mol. The molecule has 0 fully saturated rings. The Bertz CT molecular complexity index is 732.